The molecule has 2 amide bonds. The number of hydrogen-bond donors (Lipinski definition) is 2. The first kappa shape index (κ1) is 21.2. The number of nitrogens with one attached hydrogen (secondary N) is 1. The molecule has 1 saturated heterocycles. The molecule has 0 aromatic carbocycles. The van der Waals surface area contributed by atoms with E-state index in [4.69, 9.17) is 5.73 Å². The fraction of sp³-hybridized carbons (Fsp3) is 0.867. The van der Waals surface area contributed by atoms with Gasteiger partial charge < -0.3 is 16.0 Å². The molecule has 24 heavy (non-hydrogen) atoms. The first-order valence-electron chi connectivity index (χ1n) is 8.34. The van der Waals surface area contributed by atoms with Gasteiger partial charge in [0, 0.05) is 25.0 Å². The summed E-state index contributed by atoms with van der Waals surface area (Å²) in [5, 5.41) is 2.72. The summed E-state index contributed by atoms with van der Waals surface area (Å²) < 4.78 is 22.8. The molecular formula is C15H28ClN3O4S. The van der Waals surface area contributed by atoms with Gasteiger partial charge in [-0.3, -0.25) is 9.59 Å². The topological polar surface area (TPSA) is 110 Å². The number of sulfone groups is 1. The first-order chi connectivity index (χ1) is 10.8. The highest BCUT2D eigenvalue weighted by Gasteiger charge is 2.31. The van der Waals surface area contributed by atoms with Gasteiger partial charge in [-0.2, -0.15) is 0 Å². The number of hydrogen-bond acceptors (Lipinski definition) is 5. The third-order valence-corrected chi connectivity index (χ3v) is 6.59. The van der Waals surface area contributed by atoms with Crippen molar-refractivity contribution in [3.63, 3.8) is 0 Å². The average Bonchev–Trinajstić information content (AvgIpc) is 3.02. The van der Waals surface area contributed by atoms with E-state index in [0.717, 1.165) is 19.3 Å². The van der Waals surface area contributed by atoms with Crippen LogP contribution in [-0.2, 0) is 19.4 Å². The monoisotopic (exact) mass is 381 g/mol. The van der Waals surface area contributed by atoms with Crippen molar-refractivity contribution in [2.45, 2.75) is 51.1 Å². The van der Waals surface area contributed by atoms with Crippen molar-refractivity contribution in [3.05, 3.63) is 0 Å². The predicted octanol–water partition coefficient (Wildman–Crippen LogP) is 0.0775. The molecule has 140 valence electrons. The summed E-state index contributed by atoms with van der Waals surface area (Å²) in [5.74, 6) is -0.0226. The zero-order valence-electron chi connectivity index (χ0n) is 14.1. The number of carbonyl (C=O) groups is 2. The molecule has 0 aromatic heterocycles. The first-order valence-corrected chi connectivity index (χ1v) is 10.2. The predicted molar refractivity (Wildman–Crippen MR) is 94.6 cm³/mol. The zero-order valence-corrected chi connectivity index (χ0v) is 15.7. The summed E-state index contributed by atoms with van der Waals surface area (Å²) in [5.41, 5.74) is 6.00. The Balaban J connectivity index is 0.00000288. The summed E-state index contributed by atoms with van der Waals surface area (Å²) in [6.07, 6.45) is 3.82. The summed E-state index contributed by atoms with van der Waals surface area (Å²) in [7, 11) is -3.02. The molecule has 1 unspecified atom stereocenters. The van der Waals surface area contributed by atoms with Gasteiger partial charge in [-0.25, -0.2) is 8.42 Å². The third kappa shape index (κ3) is 5.89. The molecule has 9 heteroatoms. The lowest BCUT2D eigenvalue weighted by atomic mass is 9.99. The maximum absolute atomic E-state index is 12.3. The number of nitrogens with two attached hydrogens (primary N) is 1. The number of carbonyl (C=O) groups excluding carboxylic acids is 2. The maximum Gasteiger partial charge on any atom is 0.239 e. The SMILES string of the molecule is CCN(CC(=O)NC1CCS(=O)(=O)C1)C(=O)C[C@@H]1CCC[C@H]1N.Cl. The minimum absolute atomic E-state index is 0. The number of halogens is 1. The molecule has 7 nitrogen and oxygen atoms in total. The smallest absolute Gasteiger partial charge is 0.239 e. The second kappa shape index (κ2) is 9.01. The van der Waals surface area contributed by atoms with Crippen LogP contribution in [0.25, 0.3) is 0 Å². The number of nitrogens with zero attached hydrogens (tertiary/aromatic N) is 1. The highest BCUT2D eigenvalue weighted by Crippen LogP contribution is 2.27. The fourth-order valence-electron chi connectivity index (χ4n) is 3.40. The normalized spacial score (nSPS) is 28.2. The highest BCUT2D eigenvalue weighted by atomic mass is 35.5. The highest BCUT2D eigenvalue weighted by molar-refractivity contribution is 7.91. The van der Waals surface area contributed by atoms with E-state index in [0.29, 0.717) is 19.4 Å². The molecule has 3 atom stereocenters. The van der Waals surface area contributed by atoms with Gasteiger partial charge in [-0.15, -0.1) is 12.4 Å². The van der Waals surface area contributed by atoms with Crippen molar-refractivity contribution < 1.29 is 18.0 Å². The number of likely N-dealkylation sites (N-methyl/N-ethyl adjacent to an activating group) is 1. The fourth-order valence-corrected chi connectivity index (χ4v) is 5.08. The summed E-state index contributed by atoms with van der Waals surface area (Å²) in [6, 6.07) is -0.250. The van der Waals surface area contributed by atoms with E-state index in [1.54, 1.807) is 0 Å². The van der Waals surface area contributed by atoms with Gasteiger partial charge in [0.05, 0.1) is 18.1 Å². The van der Waals surface area contributed by atoms with Gasteiger partial charge in [0.1, 0.15) is 0 Å². The van der Waals surface area contributed by atoms with Gasteiger partial charge in [-0.1, -0.05) is 6.42 Å². The van der Waals surface area contributed by atoms with E-state index in [1.165, 1.54) is 4.90 Å². The molecule has 1 saturated carbocycles. The van der Waals surface area contributed by atoms with Crippen molar-refractivity contribution in [1.29, 1.82) is 0 Å². The number of amides is 2. The quantitative estimate of drug-likeness (QED) is 0.677. The Bertz CT molecular complexity index is 555. The molecule has 2 fully saturated rings. The van der Waals surface area contributed by atoms with E-state index in [-0.39, 0.29) is 60.3 Å². The van der Waals surface area contributed by atoms with Crippen molar-refractivity contribution in [2.75, 3.05) is 24.6 Å². The van der Waals surface area contributed by atoms with Gasteiger partial charge in [0.2, 0.25) is 11.8 Å². The van der Waals surface area contributed by atoms with Crippen LogP contribution in [-0.4, -0.2) is 61.8 Å². The summed E-state index contributed by atoms with van der Waals surface area (Å²) in [6.45, 7) is 2.27. The van der Waals surface area contributed by atoms with Crippen molar-refractivity contribution >= 4 is 34.1 Å². The Morgan fingerprint density at radius 1 is 1.25 bits per heavy atom. The minimum atomic E-state index is -3.02. The second-order valence-electron chi connectivity index (χ2n) is 6.63. The van der Waals surface area contributed by atoms with Crippen LogP contribution in [0.5, 0.6) is 0 Å². The Labute approximate surface area is 150 Å². The molecule has 0 radical (unpaired) electrons. The Morgan fingerprint density at radius 2 is 1.96 bits per heavy atom. The molecule has 0 aromatic rings. The van der Waals surface area contributed by atoms with E-state index >= 15 is 0 Å². The lowest BCUT2D eigenvalue weighted by Gasteiger charge is -2.24. The van der Waals surface area contributed by atoms with E-state index in [9.17, 15) is 18.0 Å². The van der Waals surface area contributed by atoms with Crippen molar-refractivity contribution in [2.24, 2.45) is 11.7 Å². The zero-order chi connectivity index (χ0) is 17.0. The second-order valence-corrected chi connectivity index (χ2v) is 8.86. The summed E-state index contributed by atoms with van der Waals surface area (Å²) >= 11 is 0. The van der Waals surface area contributed by atoms with Crippen LogP contribution < -0.4 is 11.1 Å². The molecule has 0 spiro atoms. The summed E-state index contributed by atoms with van der Waals surface area (Å²) in [4.78, 5) is 25.9. The van der Waals surface area contributed by atoms with Crippen LogP contribution in [0.15, 0.2) is 0 Å². The molecule has 1 aliphatic carbocycles. The van der Waals surface area contributed by atoms with E-state index < -0.39 is 9.84 Å². The lowest BCUT2D eigenvalue weighted by Crippen LogP contribution is -2.45. The van der Waals surface area contributed by atoms with Gasteiger partial charge in [0.15, 0.2) is 9.84 Å². The standard InChI is InChI=1S/C15H27N3O4S.ClH/c1-2-18(15(20)8-11-4-3-5-13(11)16)9-14(19)17-12-6-7-23(21,22)10-12;/h11-13H,2-10,16H2,1H3,(H,17,19);1H/t11-,12?,13+;/m0./s1. The van der Waals surface area contributed by atoms with Crippen LogP contribution in [0.3, 0.4) is 0 Å². The van der Waals surface area contributed by atoms with Crippen LogP contribution in [0.1, 0.15) is 39.0 Å². The molecule has 0 bridgehead atoms. The molecule has 1 heterocycles. The van der Waals surface area contributed by atoms with Crippen LogP contribution in [0.4, 0.5) is 0 Å². The van der Waals surface area contributed by atoms with E-state index in [1.807, 2.05) is 6.92 Å². The Hall–Kier alpha value is -0.860. The molecule has 1 aliphatic heterocycles. The maximum atomic E-state index is 12.3. The molecule has 2 rings (SSSR count). The molecule has 3 N–H and O–H groups in total. The van der Waals surface area contributed by atoms with Crippen LogP contribution in [0.2, 0.25) is 0 Å². The molecular weight excluding hydrogens is 354 g/mol. The number of rotatable bonds is 6. The lowest BCUT2D eigenvalue weighted by molar-refractivity contribution is -0.136. The molecule has 2 aliphatic rings. The van der Waals surface area contributed by atoms with E-state index in [2.05, 4.69) is 5.32 Å². The third-order valence-electron chi connectivity index (χ3n) is 4.82. The van der Waals surface area contributed by atoms with Gasteiger partial charge in [-0.05, 0) is 32.1 Å². The Kier molecular flexibility index (Phi) is 7.95. The minimum Gasteiger partial charge on any atom is -0.351 e. The largest absolute Gasteiger partial charge is 0.351 e. The van der Waals surface area contributed by atoms with Gasteiger partial charge >= 0.3 is 0 Å². The van der Waals surface area contributed by atoms with Crippen molar-refractivity contribution in [3.8, 4) is 0 Å². The Morgan fingerprint density at radius 3 is 2.46 bits per heavy atom. The van der Waals surface area contributed by atoms with Crippen LogP contribution in [0, 0.1) is 5.92 Å². The average molecular weight is 382 g/mol. The van der Waals surface area contributed by atoms with Gasteiger partial charge in [0.25, 0.3) is 0 Å². The van der Waals surface area contributed by atoms with Crippen molar-refractivity contribution in [1.82, 2.24) is 10.2 Å². The van der Waals surface area contributed by atoms with Crippen LogP contribution >= 0.6 is 12.4 Å².